The Morgan fingerprint density at radius 3 is 2.57 bits per heavy atom. The van der Waals surface area contributed by atoms with Gasteiger partial charge in [-0.3, -0.25) is 4.98 Å². The number of nitrogens with two attached hydrogens (primary N) is 1. The van der Waals surface area contributed by atoms with Crippen molar-refractivity contribution in [3.05, 3.63) is 53.3 Å². The zero-order chi connectivity index (χ0) is 20.2. The Bertz CT molecular complexity index is 965. The van der Waals surface area contributed by atoms with Crippen LogP contribution in [0.1, 0.15) is 18.9 Å². The molecule has 1 aliphatic rings. The van der Waals surface area contributed by atoms with Crippen molar-refractivity contribution in [2.45, 2.75) is 23.2 Å². The Morgan fingerprint density at radius 1 is 1.25 bits per heavy atom. The summed E-state index contributed by atoms with van der Waals surface area (Å²) in [4.78, 5) is 7.98. The van der Waals surface area contributed by atoms with E-state index in [1.807, 2.05) is 12.3 Å². The number of nitrogens with one attached hydrogen (secondary N) is 3. The number of rotatable bonds is 8. The van der Waals surface area contributed by atoms with Gasteiger partial charge in [0.25, 0.3) is 0 Å². The zero-order valence-corrected chi connectivity index (χ0v) is 16.8. The highest BCUT2D eigenvalue weighted by Gasteiger charge is 2.36. The van der Waals surface area contributed by atoms with E-state index in [0.717, 1.165) is 11.3 Å². The number of primary sulfonamides is 1. The van der Waals surface area contributed by atoms with Crippen LogP contribution in [0, 0.1) is 0 Å². The lowest BCUT2D eigenvalue weighted by Crippen LogP contribution is -2.42. The Kier molecular flexibility index (Phi) is 6.08. The molecular weight excluding hydrogens is 400 g/mol. The van der Waals surface area contributed by atoms with E-state index in [1.54, 1.807) is 24.5 Å². The second-order valence-electron chi connectivity index (χ2n) is 6.21. The summed E-state index contributed by atoms with van der Waals surface area (Å²) in [5, 5.41) is 25.9. The molecule has 1 unspecified atom stereocenters. The van der Waals surface area contributed by atoms with E-state index in [-0.39, 0.29) is 11.5 Å². The van der Waals surface area contributed by atoms with E-state index in [1.165, 1.54) is 23.9 Å². The standard InChI is InChI=1S/C17H22N6O3S2/c1-12-11-27-17(22-12,13-3-5-14(6-4-13)28(18,25)26)23-16-10-19-9-15(21-16)20-7-2-8-24/h3-6,9-11,22,24H,2,7-8H2,1H3,(H2,18,25,26)(H2,20,21,23). The van der Waals surface area contributed by atoms with Crippen LogP contribution in [0.25, 0.3) is 0 Å². The molecule has 0 amide bonds. The Hall–Kier alpha value is -2.34. The minimum absolute atomic E-state index is 0.0500. The molecule has 0 radical (unpaired) electrons. The molecule has 0 fully saturated rings. The van der Waals surface area contributed by atoms with Crippen LogP contribution in [-0.2, 0) is 15.0 Å². The third-order valence-electron chi connectivity index (χ3n) is 3.95. The number of aliphatic hydroxyl groups is 1. The van der Waals surface area contributed by atoms with Crippen molar-refractivity contribution in [3.63, 3.8) is 0 Å². The fourth-order valence-electron chi connectivity index (χ4n) is 2.65. The minimum Gasteiger partial charge on any atom is -0.396 e. The summed E-state index contributed by atoms with van der Waals surface area (Å²) in [6.07, 6.45) is 3.82. The predicted octanol–water partition coefficient (Wildman–Crippen LogP) is 1.34. The van der Waals surface area contributed by atoms with Crippen LogP contribution in [0.3, 0.4) is 0 Å². The van der Waals surface area contributed by atoms with Crippen molar-refractivity contribution >= 4 is 33.4 Å². The van der Waals surface area contributed by atoms with E-state index < -0.39 is 15.0 Å². The quantitative estimate of drug-likeness (QED) is 0.398. The van der Waals surface area contributed by atoms with Crippen molar-refractivity contribution in [3.8, 4) is 0 Å². The topological polar surface area (TPSA) is 142 Å². The summed E-state index contributed by atoms with van der Waals surface area (Å²) in [5.74, 6) is 1.12. The first-order valence-electron chi connectivity index (χ1n) is 8.53. The molecule has 6 N–H and O–H groups in total. The number of sulfonamides is 1. The highest BCUT2D eigenvalue weighted by Crippen LogP contribution is 2.41. The lowest BCUT2D eigenvalue weighted by Gasteiger charge is -2.32. The largest absolute Gasteiger partial charge is 0.396 e. The van der Waals surface area contributed by atoms with E-state index in [2.05, 4.69) is 25.9 Å². The third-order valence-corrected chi connectivity index (χ3v) is 6.15. The van der Waals surface area contributed by atoms with Crippen molar-refractivity contribution < 1.29 is 13.5 Å². The van der Waals surface area contributed by atoms with Crippen LogP contribution in [0.2, 0.25) is 0 Å². The smallest absolute Gasteiger partial charge is 0.238 e. The number of benzene rings is 1. The molecule has 3 rings (SSSR count). The molecule has 2 heterocycles. The van der Waals surface area contributed by atoms with Gasteiger partial charge in [-0.15, -0.1) is 0 Å². The Labute approximate surface area is 167 Å². The van der Waals surface area contributed by atoms with Gasteiger partial charge in [-0.2, -0.15) is 0 Å². The highest BCUT2D eigenvalue weighted by atomic mass is 32.2. The van der Waals surface area contributed by atoms with Crippen molar-refractivity contribution in [1.29, 1.82) is 0 Å². The molecule has 1 aromatic heterocycles. The van der Waals surface area contributed by atoms with Gasteiger partial charge in [-0.25, -0.2) is 18.5 Å². The predicted molar refractivity (Wildman–Crippen MR) is 110 cm³/mol. The van der Waals surface area contributed by atoms with Crippen LogP contribution in [0.15, 0.2) is 52.7 Å². The van der Waals surface area contributed by atoms with Crippen LogP contribution in [-0.4, -0.2) is 36.6 Å². The second-order valence-corrected chi connectivity index (χ2v) is 8.86. The van der Waals surface area contributed by atoms with Crippen molar-refractivity contribution in [2.75, 3.05) is 23.8 Å². The van der Waals surface area contributed by atoms with Crippen molar-refractivity contribution in [1.82, 2.24) is 15.3 Å². The molecule has 28 heavy (non-hydrogen) atoms. The summed E-state index contributed by atoms with van der Waals surface area (Å²) in [6, 6.07) is 6.36. The van der Waals surface area contributed by atoms with Gasteiger partial charge in [0.05, 0.1) is 17.3 Å². The zero-order valence-electron chi connectivity index (χ0n) is 15.2. The van der Waals surface area contributed by atoms with Gasteiger partial charge in [-0.05, 0) is 30.9 Å². The molecular formula is C17H22N6O3S2. The summed E-state index contributed by atoms with van der Waals surface area (Å²) in [6.45, 7) is 2.62. The van der Waals surface area contributed by atoms with E-state index in [4.69, 9.17) is 10.2 Å². The number of thioether (sulfide) groups is 1. The van der Waals surface area contributed by atoms with Gasteiger partial charge in [0.2, 0.25) is 10.0 Å². The molecule has 9 nitrogen and oxygen atoms in total. The number of hydrogen-bond acceptors (Lipinski definition) is 9. The maximum Gasteiger partial charge on any atom is 0.238 e. The molecule has 11 heteroatoms. The van der Waals surface area contributed by atoms with E-state index in [0.29, 0.717) is 24.6 Å². The van der Waals surface area contributed by atoms with Crippen LogP contribution in [0.4, 0.5) is 11.6 Å². The highest BCUT2D eigenvalue weighted by molar-refractivity contribution is 8.03. The molecule has 0 saturated heterocycles. The van der Waals surface area contributed by atoms with E-state index in [9.17, 15) is 8.42 Å². The van der Waals surface area contributed by atoms with Crippen LogP contribution >= 0.6 is 11.8 Å². The molecule has 0 spiro atoms. The lowest BCUT2D eigenvalue weighted by atomic mass is 10.1. The molecule has 1 aromatic carbocycles. The van der Waals surface area contributed by atoms with Gasteiger partial charge in [0.15, 0.2) is 4.99 Å². The Morgan fingerprint density at radius 2 is 1.96 bits per heavy atom. The van der Waals surface area contributed by atoms with Gasteiger partial charge in [0, 0.05) is 24.4 Å². The third kappa shape index (κ3) is 4.73. The number of hydrogen-bond donors (Lipinski definition) is 5. The first-order chi connectivity index (χ1) is 13.3. The molecule has 1 atom stereocenters. The summed E-state index contributed by atoms with van der Waals surface area (Å²) < 4.78 is 23.0. The van der Waals surface area contributed by atoms with E-state index >= 15 is 0 Å². The number of aromatic nitrogens is 2. The lowest BCUT2D eigenvalue weighted by molar-refractivity contribution is 0.292. The fraction of sp³-hybridized carbons (Fsp3) is 0.294. The van der Waals surface area contributed by atoms with Crippen LogP contribution < -0.4 is 21.1 Å². The fourth-order valence-corrected chi connectivity index (χ4v) is 4.24. The number of anilines is 2. The molecule has 0 aliphatic carbocycles. The van der Waals surface area contributed by atoms with Gasteiger partial charge >= 0.3 is 0 Å². The molecule has 0 bridgehead atoms. The van der Waals surface area contributed by atoms with Crippen molar-refractivity contribution in [2.24, 2.45) is 5.14 Å². The number of allylic oxidation sites excluding steroid dienone is 1. The first-order valence-corrected chi connectivity index (χ1v) is 11.0. The van der Waals surface area contributed by atoms with Gasteiger partial charge in [0.1, 0.15) is 11.6 Å². The summed E-state index contributed by atoms with van der Waals surface area (Å²) >= 11 is 1.50. The number of nitrogens with zero attached hydrogens (tertiary/aromatic N) is 2. The molecule has 2 aromatic rings. The SMILES string of the molecule is CC1=CSC(Nc2cncc(NCCCO)n2)(c2ccc(S(N)(=O)=O)cc2)N1. The average Bonchev–Trinajstić information content (AvgIpc) is 3.03. The van der Waals surface area contributed by atoms with Crippen LogP contribution in [0.5, 0.6) is 0 Å². The number of aliphatic hydroxyl groups excluding tert-OH is 1. The first kappa shape index (κ1) is 20.4. The molecule has 1 aliphatic heterocycles. The average molecular weight is 423 g/mol. The normalized spacial score (nSPS) is 19.0. The molecule has 150 valence electrons. The Balaban J connectivity index is 1.86. The summed E-state index contributed by atoms with van der Waals surface area (Å²) in [5.41, 5.74) is 1.76. The maximum absolute atomic E-state index is 11.5. The van der Waals surface area contributed by atoms with Gasteiger partial charge < -0.3 is 21.1 Å². The molecule has 0 saturated carbocycles. The summed E-state index contributed by atoms with van der Waals surface area (Å²) in [7, 11) is -3.76. The maximum atomic E-state index is 11.5. The minimum atomic E-state index is -3.76. The van der Waals surface area contributed by atoms with Gasteiger partial charge in [-0.1, -0.05) is 23.9 Å². The monoisotopic (exact) mass is 422 g/mol. The second kappa shape index (κ2) is 8.35.